The number of nitrogens with one attached hydrogen (secondary N) is 1. The summed E-state index contributed by atoms with van der Waals surface area (Å²) < 4.78 is 5.40. The smallest absolute Gasteiger partial charge is 0.0616 e. The van der Waals surface area contributed by atoms with Crippen molar-refractivity contribution in [2.75, 3.05) is 13.2 Å². The lowest BCUT2D eigenvalue weighted by Gasteiger charge is -2.24. The number of hydrogen-bond acceptors (Lipinski definition) is 2. The van der Waals surface area contributed by atoms with E-state index >= 15 is 0 Å². The van der Waals surface area contributed by atoms with E-state index in [9.17, 15) is 0 Å². The van der Waals surface area contributed by atoms with Gasteiger partial charge in [-0.15, -0.1) is 0 Å². The molecule has 0 spiro atoms. The van der Waals surface area contributed by atoms with Crippen LogP contribution in [0.15, 0.2) is 0 Å². The maximum atomic E-state index is 5.40. The van der Waals surface area contributed by atoms with Gasteiger partial charge < -0.3 is 10.1 Å². The van der Waals surface area contributed by atoms with Crippen LogP contribution in [0.4, 0.5) is 0 Å². The third-order valence-electron chi connectivity index (χ3n) is 3.23. The van der Waals surface area contributed by atoms with Crippen LogP contribution in [0, 0.1) is 5.92 Å². The Morgan fingerprint density at radius 1 is 1.29 bits per heavy atom. The Kier molecular flexibility index (Phi) is 5.49. The van der Waals surface area contributed by atoms with Gasteiger partial charge in [0.05, 0.1) is 6.61 Å². The van der Waals surface area contributed by atoms with Gasteiger partial charge >= 0.3 is 0 Å². The minimum atomic E-state index is 0.491. The summed E-state index contributed by atoms with van der Waals surface area (Å²) in [7, 11) is 0. The molecule has 2 atom stereocenters. The summed E-state index contributed by atoms with van der Waals surface area (Å²) >= 11 is 0. The molecule has 1 aliphatic rings. The van der Waals surface area contributed by atoms with Gasteiger partial charge in [-0.25, -0.2) is 0 Å². The first-order valence-electron chi connectivity index (χ1n) is 6.07. The Hall–Kier alpha value is -0.0800. The molecule has 0 amide bonds. The van der Waals surface area contributed by atoms with Gasteiger partial charge in [-0.05, 0) is 39.5 Å². The van der Waals surface area contributed by atoms with E-state index < -0.39 is 0 Å². The van der Waals surface area contributed by atoms with Gasteiger partial charge in [0.2, 0.25) is 0 Å². The van der Waals surface area contributed by atoms with Crippen LogP contribution in [-0.2, 0) is 4.74 Å². The molecule has 0 radical (unpaired) electrons. The highest BCUT2D eigenvalue weighted by molar-refractivity contribution is 4.79. The largest absolute Gasteiger partial charge is 0.380 e. The second-order valence-corrected chi connectivity index (χ2v) is 4.56. The maximum absolute atomic E-state index is 5.40. The van der Waals surface area contributed by atoms with E-state index in [0.717, 1.165) is 19.1 Å². The van der Waals surface area contributed by atoms with Crippen molar-refractivity contribution >= 4 is 0 Å². The summed E-state index contributed by atoms with van der Waals surface area (Å²) in [6.45, 7) is 8.24. The lowest BCUT2D eigenvalue weighted by Crippen LogP contribution is -2.41. The predicted molar refractivity (Wildman–Crippen MR) is 60.5 cm³/mol. The first-order chi connectivity index (χ1) is 6.74. The van der Waals surface area contributed by atoms with Crippen molar-refractivity contribution in [1.29, 1.82) is 0 Å². The average molecular weight is 199 g/mol. The van der Waals surface area contributed by atoms with E-state index in [1.165, 1.54) is 25.7 Å². The van der Waals surface area contributed by atoms with E-state index in [-0.39, 0.29) is 0 Å². The van der Waals surface area contributed by atoms with Crippen LogP contribution in [0.5, 0.6) is 0 Å². The summed E-state index contributed by atoms with van der Waals surface area (Å²) in [6.07, 6.45) is 5.68. The molecule has 0 heterocycles. The first-order valence-corrected chi connectivity index (χ1v) is 6.07. The summed E-state index contributed by atoms with van der Waals surface area (Å²) in [5, 5.41) is 3.63. The Morgan fingerprint density at radius 3 is 2.50 bits per heavy atom. The van der Waals surface area contributed by atoms with Gasteiger partial charge in [-0.3, -0.25) is 0 Å². The fourth-order valence-electron chi connectivity index (χ4n) is 2.38. The van der Waals surface area contributed by atoms with E-state index in [4.69, 9.17) is 4.74 Å². The highest BCUT2D eigenvalue weighted by Gasteiger charge is 2.22. The zero-order valence-electron chi connectivity index (χ0n) is 9.88. The topological polar surface area (TPSA) is 21.3 Å². The molecular weight excluding hydrogens is 174 g/mol. The number of hydrogen-bond donors (Lipinski definition) is 1. The summed E-state index contributed by atoms with van der Waals surface area (Å²) in [4.78, 5) is 0. The van der Waals surface area contributed by atoms with Gasteiger partial charge in [0, 0.05) is 18.7 Å². The van der Waals surface area contributed by atoms with Crippen molar-refractivity contribution in [1.82, 2.24) is 5.32 Å². The van der Waals surface area contributed by atoms with Crippen molar-refractivity contribution in [3.05, 3.63) is 0 Å². The van der Waals surface area contributed by atoms with Crippen LogP contribution < -0.4 is 5.32 Å². The molecule has 14 heavy (non-hydrogen) atoms. The minimum absolute atomic E-state index is 0.491. The molecule has 0 saturated heterocycles. The SMILES string of the molecule is CCOCC(C)N[C@H](C)C1CCCC1. The molecular formula is C12H25NO. The molecule has 1 rings (SSSR count). The second kappa shape index (κ2) is 6.41. The third-order valence-corrected chi connectivity index (χ3v) is 3.23. The van der Waals surface area contributed by atoms with Gasteiger partial charge in [-0.1, -0.05) is 12.8 Å². The van der Waals surface area contributed by atoms with Crippen molar-refractivity contribution in [2.45, 2.75) is 58.5 Å². The van der Waals surface area contributed by atoms with Gasteiger partial charge in [0.15, 0.2) is 0 Å². The molecule has 1 aliphatic carbocycles. The summed E-state index contributed by atoms with van der Waals surface area (Å²) in [6, 6.07) is 1.15. The standard InChI is InChI=1S/C12H25NO/c1-4-14-9-10(2)13-11(3)12-7-5-6-8-12/h10-13H,4-9H2,1-3H3/t10?,11-/m1/s1. The Labute approximate surface area is 88.4 Å². The summed E-state index contributed by atoms with van der Waals surface area (Å²) in [5.74, 6) is 0.902. The Bertz CT molecular complexity index is 143. The van der Waals surface area contributed by atoms with Gasteiger partial charge in [-0.2, -0.15) is 0 Å². The molecule has 2 nitrogen and oxygen atoms in total. The van der Waals surface area contributed by atoms with Crippen LogP contribution >= 0.6 is 0 Å². The molecule has 0 bridgehead atoms. The van der Waals surface area contributed by atoms with E-state index in [1.807, 2.05) is 6.92 Å². The van der Waals surface area contributed by atoms with Crippen molar-refractivity contribution in [3.63, 3.8) is 0 Å². The molecule has 1 unspecified atom stereocenters. The van der Waals surface area contributed by atoms with Crippen molar-refractivity contribution in [2.24, 2.45) is 5.92 Å². The minimum Gasteiger partial charge on any atom is -0.380 e. The molecule has 0 aromatic heterocycles. The Balaban J connectivity index is 2.14. The molecule has 2 heteroatoms. The van der Waals surface area contributed by atoms with Crippen molar-refractivity contribution < 1.29 is 4.74 Å². The van der Waals surface area contributed by atoms with Crippen LogP contribution in [-0.4, -0.2) is 25.3 Å². The van der Waals surface area contributed by atoms with Gasteiger partial charge in [0.25, 0.3) is 0 Å². The normalized spacial score (nSPS) is 22.5. The molecule has 84 valence electrons. The highest BCUT2D eigenvalue weighted by atomic mass is 16.5. The molecule has 1 saturated carbocycles. The predicted octanol–water partition coefficient (Wildman–Crippen LogP) is 2.58. The quantitative estimate of drug-likeness (QED) is 0.710. The molecule has 0 aliphatic heterocycles. The van der Waals surface area contributed by atoms with E-state index in [2.05, 4.69) is 19.2 Å². The lowest BCUT2D eigenvalue weighted by atomic mass is 9.99. The first kappa shape index (κ1) is 12.0. The van der Waals surface area contributed by atoms with Gasteiger partial charge in [0.1, 0.15) is 0 Å². The maximum Gasteiger partial charge on any atom is 0.0616 e. The second-order valence-electron chi connectivity index (χ2n) is 4.56. The fourth-order valence-corrected chi connectivity index (χ4v) is 2.38. The number of rotatable bonds is 6. The van der Waals surface area contributed by atoms with E-state index in [1.54, 1.807) is 0 Å². The summed E-state index contributed by atoms with van der Waals surface area (Å²) in [5.41, 5.74) is 0. The lowest BCUT2D eigenvalue weighted by molar-refractivity contribution is 0.121. The Morgan fingerprint density at radius 2 is 1.93 bits per heavy atom. The zero-order chi connectivity index (χ0) is 10.4. The highest BCUT2D eigenvalue weighted by Crippen LogP contribution is 2.27. The fraction of sp³-hybridized carbons (Fsp3) is 1.00. The molecule has 1 N–H and O–H groups in total. The zero-order valence-corrected chi connectivity index (χ0v) is 9.88. The molecule has 0 aromatic carbocycles. The van der Waals surface area contributed by atoms with Crippen molar-refractivity contribution in [3.8, 4) is 0 Å². The monoisotopic (exact) mass is 199 g/mol. The van der Waals surface area contributed by atoms with Crippen LogP contribution in [0.1, 0.15) is 46.5 Å². The number of ether oxygens (including phenoxy) is 1. The van der Waals surface area contributed by atoms with Crippen LogP contribution in [0.3, 0.4) is 0 Å². The average Bonchev–Trinajstić information content (AvgIpc) is 2.67. The molecule has 0 aromatic rings. The van der Waals surface area contributed by atoms with Crippen LogP contribution in [0.25, 0.3) is 0 Å². The molecule has 1 fully saturated rings. The van der Waals surface area contributed by atoms with Crippen LogP contribution in [0.2, 0.25) is 0 Å². The third kappa shape index (κ3) is 3.97. The van der Waals surface area contributed by atoms with E-state index in [0.29, 0.717) is 12.1 Å².